The zero-order valence-corrected chi connectivity index (χ0v) is 14.4. The van der Waals surface area contributed by atoms with Crippen LogP contribution in [0.2, 0.25) is 0 Å². The van der Waals surface area contributed by atoms with Crippen LogP contribution in [0.3, 0.4) is 0 Å². The van der Waals surface area contributed by atoms with Gasteiger partial charge in [0.1, 0.15) is 0 Å². The molecule has 0 fully saturated rings. The van der Waals surface area contributed by atoms with Gasteiger partial charge in [0, 0.05) is 11.0 Å². The molecule has 0 amide bonds. The summed E-state index contributed by atoms with van der Waals surface area (Å²) in [4.78, 5) is 0.185. The van der Waals surface area contributed by atoms with Gasteiger partial charge in [-0.25, -0.2) is 13.1 Å². The van der Waals surface area contributed by atoms with E-state index in [2.05, 4.69) is 36.6 Å². The number of nitrogens with one attached hydrogen (secondary N) is 1. The van der Waals surface area contributed by atoms with Crippen molar-refractivity contribution in [1.82, 2.24) is 4.72 Å². The lowest BCUT2D eigenvalue weighted by molar-refractivity contribution is 0.581. The molecule has 0 saturated carbocycles. The van der Waals surface area contributed by atoms with Crippen LogP contribution in [-0.2, 0) is 10.0 Å². The van der Waals surface area contributed by atoms with Crippen molar-refractivity contribution in [1.29, 1.82) is 0 Å². The molecule has 0 radical (unpaired) electrons. The maximum absolute atomic E-state index is 12.2. The van der Waals surface area contributed by atoms with Crippen LogP contribution in [0.25, 0.3) is 0 Å². The summed E-state index contributed by atoms with van der Waals surface area (Å²) in [5.74, 6) is 0. The normalized spacial score (nSPS) is 13.1. The van der Waals surface area contributed by atoms with E-state index < -0.39 is 10.0 Å². The molecular weight excluding hydrogens is 406 g/mol. The van der Waals surface area contributed by atoms with E-state index in [4.69, 9.17) is 0 Å². The molecule has 2 aromatic carbocycles. The SMILES string of the molecule is O=S(=O)(NCC(Br)c1ccccc1)c1cccc(Br)c1. The van der Waals surface area contributed by atoms with Gasteiger partial charge in [-0.05, 0) is 23.8 Å². The Hall–Kier alpha value is -0.690. The zero-order valence-electron chi connectivity index (χ0n) is 10.5. The van der Waals surface area contributed by atoms with Crippen molar-refractivity contribution in [2.75, 3.05) is 6.54 Å². The van der Waals surface area contributed by atoms with Crippen molar-refractivity contribution in [2.45, 2.75) is 9.72 Å². The van der Waals surface area contributed by atoms with Gasteiger partial charge < -0.3 is 0 Å². The van der Waals surface area contributed by atoms with Crippen molar-refractivity contribution in [3.8, 4) is 0 Å². The van der Waals surface area contributed by atoms with E-state index in [1.807, 2.05) is 30.3 Å². The number of hydrogen-bond acceptors (Lipinski definition) is 2. The summed E-state index contributed by atoms with van der Waals surface area (Å²) in [7, 11) is -3.50. The van der Waals surface area contributed by atoms with Crippen LogP contribution in [-0.4, -0.2) is 15.0 Å². The van der Waals surface area contributed by atoms with Gasteiger partial charge in [-0.3, -0.25) is 0 Å². The quantitative estimate of drug-likeness (QED) is 0.749. The Balaban J connectivity index is 2.07. The maximum Gasteiger partial charge on any atom is 0.240 e. The van der Waals surface area contributed by atoms with Crippen LogP contribution >= 0.6 is 31.9 Å². The second-order valence-electron chi connectivity index (χ2n) is 4.19. The van der Waals surface area contributed by atoms with Gasteiger partial charge in [0.05, 0.1) is 9.72 Å². The summed E-state index contributed by atoms with van der Waals surface area (Å²) < 4.78 is 27.7. The fraction of sp³-hybridized carbons (Fsp3) is 0.143. The number of sulfonamides is 1. The van der Waals surface area contributed by atoms with Crippen molar-refractivity contribution in [3.05, 3.63) is 64.6 Å². The van der Waals surface area contributed by atoms with Crippen molar-refractivity contribution in [3.63, 3.8) is 0 Å². The fourth-order valence-corrected chi connectivity index (χ4v) is 4.00. The molecule has 0 saturated heterocycles. The summed E-state index contributed by atoms with van der Waals surface area (Å²) in [6, 6.07) is 16.3. The van der Waals surface area contributed by atoms with Gasteiger partial charge in [0.15, 0.2) is 0 Å². The molecule has 0 heterocycles. The van der Waals surface area contributed by atoms with Crippen LogP contribution in [0.15, 0.2) is 64.0 Å². The molecule has 3 nitrogen and oxygen atoms in total. The smallest absolute Gasteiger partial charge is 0.210 e. The molecular formula is C14H13Br2NO2S. The van der Waals surface area contributed by atoms with Gasteiger partial charge in [-0.1, -0.05) is 68.3 Å². The van der Waals surface area contributed by atoms with Crippen LogP contribution in [0, 0.1) is 0 Å². The summed E-state index contributed by atoms with van der Waals surface area (Å²) in [6.45, 7) is 0.291. The Bertz CT molecular complexity index is 675. The van der Waals surface area contributed by atoms with E-state index in [1.165, 1.54) is 0 Å². The van der Waals surface area contributed by atoms with E-state index in [0.717, 1.165) is 10.0 Å². The molecule has 6 heteroatoms. The van der Waals surface area contributed by atoms with Gasteiger partial charge in [0.25, 0.3) is 0 Å². The molecule has 2 aromatic rings. The minimum absolute atomic E-state index is 0.0642. The highest BCUT2D eigenvalue weighted by Gasteiger charge is 2.16. The molecule has 20 heavy (non-hydrogen) atoms. The Labute approximate surface area is 135 Å². The van der Waals surface area contributed by atoms with Crippen molar-refractivity contribution in [2.24, 2.45) is 0 Å². The minimum Gasteiger partial charge on any atom is -0.210 e. The molecule has 0 aromatic heterocycles. The summed E-state index contributed by atoms with van der Waals surface area (Å²) in [5.41, 5.74) is 1.03. The maximum atomic E-state index is 12.2. The topological polar surface area (TPSA) is 46.2 Å². The third-order valence-electron chi connectivity index (χ3n) is 2.72. The van der Waals surface area contributed by atoms with Gasteiger partial charge in [-0.15, -0.1) is 0 Å². The molecule has 1 atom stereocenters. The number of rotatable bonds is 5. The molecule has 0 spiro atoms. The average Bonchev–Trinajstić information content (AvgIpc) is 2.46. The standard InChI is InChI=1S/C14H13Br2NO2S/c15-12-7-4-8-13(9-12)20(18,19)17-10-14(16)11-5-2-1-3-6-11/h1-9,14,17H,10H2. The number of halogens is 2. The average molecular weight is 419 g/mol. The van der Waals surface area contributed by atoms with Gasteiger partial charge >= 0.3 is 0 Å². The molecule has 0 aliphatic rings. The van der Waals surface area contributed by atoms with E-state index in [9.17, 15) is 8.42 Å². The van der Waals surface area contributed by atoms with Crippen LogP contribution in [0.5, 0.6) is 0 Å². The van der Waals surface area contributed by atoms with Crippen LogP contribution in [0.4, 0.5) is 0 Å². The first-order valence-electron chi connectivity index (χ1n) is 5.93. The molecule has 0 aliphatic heterocycles. The second-order valence-corrected chi connectivity index (χ2v) is 7.98. The lowest BCUT2D eigenvalue weighted by Crippen LogP contribution is -2.27. The highest BCUT2D eigenvalue weighted by Crippen LogP contribution is 2.22. The number of hydrogen-bond donors (Lipinski definition) is 1. The largest absolute Gasteiger partial charge is 0.240 e. The summed E-state index contributed by atoms with van der Waals surface area (Å²) >= 11 is 6.76. The first-order chi connectivity index (χ1) is 9.49. The lowest BCUT2D eigenvalue weighted by atomic mass is 10.2. The van der Waals surface area contributed by atoms with Crippen LogP contribution in [0.1, 0.15) is 10.4 Å². The van der Waals surface area contributed by atoms with Gasteiger partial charge in [-0.2, -0.15) is 0 Å². The van der Waals surface area contributed by atoms with Crippen LogP contribution < -0.4 is 4.72 Å². The van der Waals surface area contributed by atoms with E-state index in [-0.39, 0.29) is 9.72 Å². The van der Waals surface area contributed by atoms with E-state index >= 15 is 0 Å². The second kappa shape index (κ2) is 6.85. The molecule has 106 valence electrons. The zero-order chi connectivity index (χ0) is 14.6. The van der Waals surface area contributed by atoms with Crippen molar-refractivity contribution >= 4 is 41.9 Å². The van der Waals surface area contributed by atoms with E-state index in [1.54, 1.807) is 24.3 Å². The Morgan fingerprint density at radius 2 is 1.75 bits per heavy atom. The number of alkyl halides is 1. The molecule has 0 bridgehead atoms. The third kappa shape index (κ3) is 4.15. The third-order valence-corrected chi connectivity index (χ3v) is 5.49. The molecule has 1 unspecified atom stereocenters. The molecule has 2 rings (SSSR count). The van der Waals surface area contributed by atoms with Crippen molar-refractivity contribution < 1.29 is 8.42 Å². The first-order valence-corrected chi connectivity index (χ1v) is 9.12. The predicted molar refractivity (Wildman–Crippen MR) is 87.4 cm³/mol. The predicted octanol–water partition coefficient (Wildman–Crippen LogP) is 3.86. The fourth-order valence-electron chi connectivity index (χ4n) is 1.68. The first kappa shape index (κ1) is 15.7. The number of benzene rings is 2. The molecule has 0 aliphatic carbocycles. The molecule has 1 N–H and O–H groups in total. The lowest BCUT2D eigenvalue weighted by Gasteiger charge is -2.12. The Morgan fingerprint density at radius 3 is 2.40 bits per heavy atom. The van der Waals surface area contributed by atoms with E-state index in [0.29, 0.717) is 6.54 Å². The van der Waals surface area contributed by atoms with Gasteiger partial charge in [0.2, 0.25) is 10.0 Å². The highest BCUT2D eigenvalue weighted by molar-refractivity contribution is 9.10. The Morgan fingerprint density at radius 1 is 1.05 bits per heavy atom. The summed E-state index contributed by atoms with van der Waals surface area (Å²) in [6.07, 6.45) is 0. The summed E-state index contributed by atoms with van der Waals surface area (Å²) in [5, 5.41) is 0. The Kier molecular flexibility index (Phi) is 5.37. The highest BCUT2D eigenvalue weighted by atomic mass is 79.9. The monoisotopic (exact) mass is 417 g/mol. The minimum atomic E-state index is -3.50.